The predicted molar refractivity (Wildman–Crippen MR) is 66.6 cm³/mol. The van der Waals surface area contributed by atoms with Crippen molar-refractivity contribution in [2.45, 2.75) is 6.29 Å². The zero-order valence-corrected chi connectivity index (χ0v) is 10.6. The van der Waals surface area contributed by atoms with E-state index in [0.29, 0.717) is 11.0 Å². The third kappa shape index (κ3) is 1.99. The lowest BCUT2D eigenvalue weighted by atomic mass is 10.3. The number of alkyl halides is 2. The molecule has 0 spiro atoms. The number of imidazole rings is 1. The third-order valence-electron chi connectivity index (χ3n) is 2.87. The summed E-state index contributed by atoms with van der Waals surface area (Å²) in [6.07, 6.45) is -2.50. The molecule has 11 heteroatoms. The third-order valence-corrected chi connectivity index (χ3v) is 2.87. The number of halogens is 2. The van der Waals surface area contributed by atoms with E-state index in [0.717, 1.165) is 0 Å². The average Bonchev–Trinajstić information content (AvgIpc) is 3.11. The molecule has 0 saturated heterocycles. The van der Waals surface area contributed by atoms with E-state index in [1.165, 1.54) is 18.5 Å². The molecular weight excluding hydrogens is 302 g/mol. The lowest BCUT2D eigenvalue weighted by molar-refractivity contribution is -0.286. The molecule has 0 unspecified atom stereocenters. The number of hydrogen-bond donors (Lipinski definition) is 3. The molecule has 9 nitrogen and oxygen atoms in total. The number of H-pyrrole nitrogens is 2. The Morgan fingerprint density at radius 2 is 2.05 bits per heavy atom. The zero-order chi connectivity index (χ0) is 15.3. The number of amides is 1. The number of rotatable bonds is 2. The van der Waals surface area contributed by atoms with Gasteiger partial charge in [-0.05, 0) is 0 Å². The van der Waals surface area contributed by atoms with Crippen molar-refractivity contribution in [1.82, 2.24) is 25.1 Å². The molecule has 0 radical (unpaired) electrons. The summed E-state index contributed by atoms with van der Waals surface area (Å²) in [5.74, 6) is -0.671. The minimum absolute atomic E-state index is 0.00857. The minimum Gasteiger partial charge on any atom is -0.395 e. The second-order valence-electron chi connectivity index (χ2n) is 4.36. The van der Waals surface area contributed by atoms with Crippen LogP contribution in [0.15, 0.2) is 18.5 Å². The molecule has 22 heavy (non-hydrogen) atoms. The van der Waals surface area contributed by atoms with Gasteiger partial charge in [0.05, 0.1) is 11.0 Å². The van der Waals surface area contributed by atoms with E-state index < -0.39 is 12.2 Å². The Kier molecular flexibility index (Phi) is 2.35. The molecule has 112 valence electrons. The summed E-state index contributed by atoms with van der Waals surface area (Å²) >= 11 is 0. The summed E-state index contributed by atoms with van der Waals surface area (Å²) in [4.78, 5) is 22.3. The molecule has 1 aliphatic rings. The van der Waals surface area contributed by atoms with Crippen LogP contribution in [0, 0.1) is 0 Å². The molecule has 0 atom stereocenters. The van der Waals surface area contributed by atoms with E-state index in [1.807, 2.05) is 0 Å². The zero-order valence-electron chi connectivity index (χ0n) is 10.6. The summed E-state index contributed by atoms with van der Waals surface area (Å²) in [6, 6.07) is 2.59. The van der Waals surface area contributed by atoms with Crippen molar-refractivity contribution in [3.05, 3.63) is 24.3 Å². The van der Waals surface area contributed by atoms with Gasteiger partial charge in [0.1, 0.15) is 6.33 Å². The van der Waals surface area contributed by atoms with Crippen LogP contribution >= 0.6 is 0 Å². The molecule has 0 bridgehead atoms. The summed E-state index contributed by atoms with van der Waals surface area (Å²) < 4.78 is 34.6. The van der Waals surface area contributed by atoms with E-state index in [9.17, 15) is 13.6 Å². The molecule has 3 aromatic rings. The van der Waals surface area contributed by atoms with Gasteiger partial charge in [-0.25, -0.2) is 9.97 Å². The van der Waals surface area contributed by atoms with Gasteiger partial charge in [0, 0.05) is 12.1 Å². The van der Waals surface area contributed by atoms with Crippen molar-refractivity contribution in [1.29, 1.82) is 0 Å². The lowest BCUT2D eigenvalue weighted by Gasteiger charge is -2.04. The van der Waals surface area contributed by atoms with Gasteiger partial charge < -0.3 is 14.5 Å². The van der Waals surface area contributed by atoms with E-state index >= 15 is 0 Å². The molecule has 1 aliphatic heterocycles. The first kappa shape index (κ1) is 12.5. The highest BCUT2D eigenvalue weighted by molar-refractivity contribution is 6.01. The number of carbonyl (C=O) groups is 1. The van der Waals surface area contributed by atoms with Crippen LogP contribution < -0.4 is 14.8 Å². The molecule has 0 aliphatic carbocycles. The maximum Gasteiger partial charge on any atom is 0.586 e. The normalized spacial score (nSPS) is 15.2. The van der Waals surface area contributed by atoms with Crippen LogP contribution in [0.3, 0.4) is 0 Å². The van der Waals surface area contributed by atoms with Crippen molar-refractivity contribution in [3.63, 3.8) is 0 Å². The van der Waals surface area contributed by atoms with E-state index in [4.69, 9.17) is 0 Å². The molecular formula is C11H6F2N6O3. The fraction of sp³-hybridized carbons (Fsp3) is 0.0909. The topological polar surface area (TPSA) is 118 Å². The highest BCUT2D eigenvalue weighted by Crippen LogP contribution is 2.42. The molecule has 0 fully saturated rings. The lowest BCUT2D eigenvalue weighted by Crippen LogP contribution is -2.25. The smallest absolute Gasteiger partial charge is 0.395 e. The largest absolute Gasteiger partial charge is 0.586 e. The van der Waals surface area contributed by atoms with Gasteiger partial charge in [0.25, 0.3) is 5.91 Å². The fourth-order valence-electron chi connectivity index (χ4n) is 1.99. The summed E-state index contributed by atoms with van der Waals surface area (Å²) in [7, 11) is 0. The van der Waals surface area contributed by atoms with Gasteiger partial charge >= 0.3 is 6.29 Å². The number of benzene rings is 1. The highest BCUT2D eigenvalue weighted by Gasteiger charge is 2.43. The van der Waals surface area contributed by atoms with E-state index in [1.54, 1.807) is 0 Å². The van der Waals surface area contributed by atoms with Crippen molar-refractivity contribution in [2.75, 3.05) is 5.32 Å². The van der Waals surface area contributed by atoms with Gasteiger partial charge in [0.15, 0.2) is 11.5 Å². The number of fused-ring (bicyclic) bond motifs is 2. The second kappa shape index (κ2) is 4.13. The monoisotopic (exact) mass is 308 g/mol. The van der Waals surface area contributed by atoms with Gasteiger partial charge in [-0.2, -0.15) is 5.10 Å². The molecule has 2 aromatic heterocycles. The number of carbonyl (C=O) groups excluding carboxylic acids is 1. The van der Waals surface area contributed by atoms with Crippen molar-refractivity contribution < 1.29 is 23.0 Å². The van der Waals surface area contributed by atoms with Crippen LogP contribution in [-0.2, 0) is 0 Å². The van der Waals surface area contributed by atoms with Crippen LogP contribution in [0.25, 0.3) is 11.0 Å². The molecule has 1 amide bonds. The Bertz CT molecular complexity index is 830. The number of aromatic amines is 2. The SMILES string of the molecule is O=C(Nc1nc2cc3c(cc2[nH]1)OC(F)(F)O3)c1ncn[nH]1. The van der Waals surface area contributed by atoms with Gasteiger partial charge in [-0.1, -0.05) is 0 Å². The maximum absolute atomic E-state index is 13.0. The number of hydrogen-bond acceptors (Lipinski definition) is 6. The predicted octanol–water partition coefficient (Wildman–Crippen LogP) is 1.25. The molecule has 4 rings (SSSR count). The molecule has 3 heterocycles. The van der Waals surface area contributed by atoms with Gasteiger partial charge in [-0.3, -0.25) is 15.2 Å². The second-order valence-corrected chi connectivity index (χ2v) is 4.36. The van der Waals surface area contributed by atoms with Crippen LogP contribution in [0.1, 0.15) is 10.6 Å². The first-order valence-electron chi connectivity index (χ1n) is 5.96. The first-order valence-corrected chi connectivity index (χ1v) is 5.96. The Morgan fingerprint density at radius 1 is 1.27 bits per heavy atom. The standard InChI is InChI=1S/C11H6F2N6O3/c12-11(13)21-6-1-4-5(2-7(6)22-11)17-10(16-4)18-9(20)8-14-3-15-19-8/h1-3H,(H,14,15,19)(H2,16,17,18,20). The van der Waals surface area contributed by atoms with Crippen molar-refractivity contribution >= 4 is 22.9 Å². The number of ether oxygens (including phenoxy) is 2. The van der Waals surface area contributed by atoms with Crippen LogP contribution in [0.2, 0.25) is 0 Å². The van der Waals surface area contributed by atoms with Crippen LogP contribution in [0.5, 0.6) is 11.5 Å². The molecule has 3 N–H and O–H groups in total. The van der Waals surface area contributed by atoms with Crippen LogP contribution in [-0.4, -0.2) is 37.4 Å². The summed E-state index contributed by atoms with van der Waals surface area (Å²) in [5.41, 5.74) is 0.723. The van der Waals surface area contributed by atoms with Gasteiger partial charge in [0.2, 0.25) is 11.8 Å². The Labute approximate surface area is 119 Å². The molecule has 0 saturated carbocycles. The Morgan fingerprint density at radius 3 is 2.77 bits per heavy atom. The Hall–Kier alpha value is -3.24. The minimum atomic E-state index is -3.69. The highest BCUT2D eigenvalue weighted by atomic mass is 19.3. The Balaban J connectivity index is 1.64. The number of anilines is 1. The summed E-state index contributed by atoms with van der Waals surface area (Å²) in [5, 5.41) is 8.41. The maximum atomic E-state index is 13.0. The number of nitrogens with one attached hydrogen (secondary N) is 3. The van der Waals surface area contributed by atoms with Gasteiger partial charge in [-0.15, -0.1) is 8.78 Å². The van der Waals surface area contributed by atoms with E-state index in [2.05, 4.69) is 39.9 Å². The fourth-order valence-corrected chi connectivity index (χ4v) is 1.99. The molecule has 1 aromatic carbocycles. The van der Waals surface area contributed by atoms with Crippen LogP contribution in [0.4, 0.5) is 14.7 Å². The van der Waals surface area contributed by atoms with Crippen molar-refractivity contribution in [3.8, 4) is 11.5 Å². The van der Waals surface area contributed by atoms with Crippen molar-refractivity contribution in [2.24, 2.45) is 0 Å². The quantitative estimate of drug-likeness (QED) is 0.656. The number of aromatic nitrogens is 5. The van der Waals surface area contributed by atoms with E-state index in [-0.39, 0.29) is 23.3 Å². The first-order chi connectivity index (χ1) is 10.5. The summed E-state index contributed by atoms with van der Waals surface area (Å²) in [6.45, 7) is 0. The average molecular weight is 308 g/mol. The number of nitrogens with zero attached hydrogens (tertiary/aromatic N) is 3.